The van der Waals surface area contributed by atoms with E-state index in [1.54, 1.807) is 16.8 Å². The summed E-state index contributed by atoms with van der Waals surface area (Å²) >= 11 is 0. The molecule has 2 aromatic rings. The number of halogens is 2. The summed E-state index contributed by atoms with van der Waals surface area (Å²) in [5, 5.41) is 4.02. The molecular formula is C31H38F2N6O4. The van der Waals surface area contributed by atoms with E-state index < -0.39 is 24.3 Å². The summed E-state index contributed by atoms with van der Waals surface area (Å²) in [7, 11) is 0. The lowest BCUT2D eigenvalue weighted by Crippen LogP contribution is -2.47. The van der Waals surface area contributed by atoms with Crippen LogP contribution in [0, 0.1) is 5.92 Å². The lowest BCUT2D eigenvalue weighted by molar-refractivity contribution is -0.132. The quantitative estimate of drug-likeness (QED) is 0.358. The highest BCUT2D eigenvalue weighted by molar-refractivity contribution is 6.25. The highest BCUT2D eigenvalue weighted by Crippen LogP contribution is 2.37. The lowest BCUT2D eigenvalue weighted by atomic mass is 9.91. The molecule has 0 spiro atoms. The second-order valence-corrected chi connectivity index (χ2v) is 12.3. The van der Waals surface area contributed by atoms with Crippen LogP contribution in [0.1, 0.15) is 96.7 Å². The molecule has 0 radical (unpaired) electrons. The minimum atomic E-state index is -2.66. The zero-order chi connectivity index (χ0) is 30.2. The Morgan fingerprint density at radius 2 is 1.70 bits per heavy atom. The number of carbonyl (C=O) groups excluding carboxylic acids is 4. The average Bonchev–Trinajstić information content (AvgIpc) is 3.51. The molecule has 2 amide bonds. The van der Waals surface area contributed by atoms with Gasteiger partial charge in [0.05, 0.1) is 41.0 Å². The van der Waals surface area contributed by atoms with Crippen LogP contribution in [0.3, 0.4) is 0 Å². The molecule has 6 rings (SSSR count). The first kappa shape index (κ1) is 29.4. The summed E-state index contributed by atoms with van der Waals surface area (Å²) in [4.78, 5) is 56.6. The van der Waals surface area contributed by atoms with Crippen molar-refractivity contribution in [2.75, 3.05) is 43.4 Å². The number of alkyl halides is 2. The van der Waals surface area contributed by atoms with Crippen LogP contribution in [0.5, 0.6) is 0 Å². The molecule has 3 aliphatic heterocycles. The first-order chi connectivity index (χ1) is 20.7. The molecule has 4 heterocycles. The van der Waals surface area contributed by atoms with Crippen molar-refractivity contribution in [3.63, 3.8) is 0 Å². The van der Waals surface area contributed by atoms with Gasteiger partial charge in [0.2, 0.25) is 0 Å². The van der Waals surface area contributed by atoms with E-state index in [1.807, 2.05) is 6.07 Å². The molecule has 0 bridgehead atoms. The number of Topliss-reactive ketones (excluding diaryl/α,β-unsaturated/α-hetero) is 2. The van der Waals surface area contributed by atoms with Gasteiger partial charge in [-0.05, 0) is 69.5 Å². The van der Waals surface area contributed by atoms with Crippen molar-refractivity contribution in [3.05, 3.63) is 41.2 Å². The second kappa shape index (κ2) is 12.1. The van der Waals surface area contributed by atoms with Crippen LogP contribution in [-0.2, 0) is 9.59 Å². The second-order valence-electron chi connectivity index (χ2n) is 12.3. The number of rotatable bonds is 8. The third-order valence-electron chi connectivity index (χ3n) is 9.65. The van der Waals surface area contributed by atoms with Crippen molar-refractivity contribution in [2.45, 2.75) is 76.3 Å². The van der Waals surface area contributed by atoms with Gasteiger partial charge in [0.1, 0.15) is 5.78 Å². The maximum Gasteiger partial charge on any atom is 0.284 e. The Balaban J connectivity index is 0.978. The molecule has 1 aliphatic carbocycles. The van der Waals surface area contributed by atoms with Gasteiger partial charge in [-0.1, -0.05) is 6.07 Å². The van der Waals surface area contributed by atoms with E-state index >= 15 is 0 Å². The fourth-order valence-electron chi connectivity index (χ4n) is 7.21. The Labute approximate surface area is 249 Å². The van der Waals surface area contributed by atoms with Crippen LogP contribution in [0.15, 0.2) is 24.4 Å². The number of amides is 2. The number of hydrogen-bond donors (Lipinski definition) is 1. The molecule has 1 aromatic carbocycles. The number of benzene rings is 1. The van der Waals surface area contributed by atoms with E-state index in [1.165, 1.54) is 6.20 Å². The van der Waals surface area contributed by atoms with Crippen molar-refractivity contribution in [1.29, 1.82) is 0 Å². The Morgan fingerprint density at radius 3 is 2.37 bits per heavy atom. The number of hydrogen-bond acceptors (Lipinski definition) is 8. The van der Waals surface area contributed by atoms with Crippen LogP contribution in [-0.4, -0.2) is 81.7 Å². The van der Waals surface area contributed by atoms with Crippen LogP contribution in [0.2, 0.25) is 0 Å². The number of nitrogen functional groups attached to an aromatic ring is 1. The molecule has 12 heteroatoms. The van der Waals surface area contributed by atoms with Gasteiger partial charge >= 0.3 is 0 Å². The molecule has 1 aromatic heterocycles. The lowest BCUT2D eigenvalue weighted by Gasteiger charge is -2.35. The molecule has 4 aliphatic rings. The molecule has 2 saturated heterocycles. The Morgan fingerprint density at radius 1 is 0.953 bits per heavy atom. The molecule has 1 atom stereocenters. The highest BCUT2D eigenvalue weighted by Gasteiger charge is 2.46. The maximum atomic E-state index is 13.5. The number of nitrogens with zero attached hydrogens (tertiary/aromatic N) is 5. The minimum Gasteiger partial charge on any atom is -0.396 e. The van der Waals surface area contributed by atoms with Gasteiger partial charge in [-0.25, -0.2) is 8.78 Å². The van der Waals surface area contributed by atoms with Gasteiger partial charge in [-0.15, -0.1) is 0 Å². The Kier molecular flexibility index (Phi) is 8.30. The number of fused-ring (bicyclic) bond motifs is 1. The summed E-state index contributed by atoms with van der Waals surface area (Å²) < 4.78 is 27.7. The number of piperidine rings is 2. The van der Waals surface area contributed by atoms with E-state index in [0.717, 1.165) is 81.8 Å². The van der Waals surface area contributed by atoms with E-state index in [-0.39, 0.29) is 48.3 Å². The normalized spacial score (nSPS) is 22.7. The average molecular weight is 597 g/mol. The van der Waals surface area contributed by atoms with E-state index in [9.17, 15) is 28.0 Å². The number of likely N-dealkylation sites (tertiary alicyclic amines) is 1. The van der Waals surface area contributed by atoms with Gasteiger partial charge in [0.25, 0.3) is 18.2 Å². The largest absolute Gasteiger partial charge is 0.396 e. The zero-order valence-electron chi connectivity index (χ0n) is 24.2. The van der Waals surface area contributed by atoms with Crippen LogP contribution < -0.4 is 10.6 Å². The predicted octanol–water partition coefficient (Wildman–Crippen LogP) is 4.02. The van der Waals surface area contributed by atoms with Crippen molar-refractivity contribution in [2.24, 2.45) is 5.92 Å². The topological polar surface area (TPSA) is 122 Å². The zero-order valence-corrected chi connectivity index (χ0v) is 24.2. The number of anilines is 2. The maximum absolute atomic E-state index is 13.5. The minimum absolute atomic E-state index is 0.0527. The van der Waals surface area contributed by atoms with Crippen molar-refractivity contribution >= 4 is 34.8 Å². The number of ketones is 2. The first-order valence-electron chi connectivity index (χ1n) is 15.4. The number of aromatic nitrogens is 2. The summed E-state index contributed by atoms with van der Waals surface area (Å²) in [6.07, 6.45) is 4.95. The Bertz CT molecular complexity index is 1410. The Hall–Kier alpha value is -3.67. The van der Waals surface area contributed by atoms with Crippen molar-refractivity contribution in [3.8, 4) is 0 Å². The summed E-state index contributed by atoms with van der Waals surface area (Å²) in [6.45, 7) is 4.38. The molecular weight excluding hydrogens is 558 g/mol. The number of nitrogens with two attached hydrogens (primary N) is 1. The van der Waals surface area contributed by atoms with Gasteiger partial charge < -0.3 is 15.5 Å². The van der Waals surface area contributed by atoms with Crippen LogP contribution >= 0.6 is 0 Å². The molecule has 230 valence electrons. The summed E-state index contributed by atoms with van der Waals surface area (Å²) in [6, 6.07) is 4.56. The van der Waals surface area contributed by atoms with Gasteiger partial charge in [0, 0.05) is 38.8 Å². The molecule has 10 nitrogen and oxygen atoms in total. The SMILES string of the molecule is Nc1cn(C2CCN(CCCC3CCN(c4cccc5c4C(=O)N(C4CCC(=O)CC4=O)C5=O)CC3)CC2)nc1C(F)F. The summed E-state index contributed by atoms with van der Waals surface area (Å²) in [5.74, 6) is -0.796. The number of imide groups is 1. The van der Waals surface area contributed by atoms with Gasteiger partial charge in [-0.3, -0.25) is 28.8 Å². The third-order valence-corrected chi connectivity index (χ3v) is 9.65. The molecule has 2 N–H and O–H groups in total. The van der Waals surface area contributed by atoms with E-state index in [4.69, 9.17) is 5.73 Å². The van der Waals surface area contributed by atoms with Crippen molar-refractivity contribution in [1.82, 2.24) is 19.6 Å². The van der Waals surface area contributed by atoms with Gasteiger partial charge in [-0.2, -0.15) is 5.10 Å². The number of carbonyl (C=O) groups is 4. The fourth-order valence-corrected chi connectivity index (χ4v) is 7.21. The highest BCUT2D eigenvalue weighted by atomic mass is 19.3. The van der Waals surface area contributed by atoms with E-state index in [0.29, 0.717) is 17.0 Å². The smallest absolute Gasteiger partial charge is 0.284 e. The standard InChI is InChI=1S/C31H38F2N6O4/c32-29(33)28-23(34)18-38(35-28)20-10-13-36(14-11-20)12-2-3-19-8-15-37(16-9-19)25-5-1-4-22-27(25)31(43)39(30(22)42)24-7-6-21(40)17-26(24)41/h1,4-5,18-20,24,29H,2-3,6-17,34H2. The van der Waals surface area contributed by atoms with E-state index in [2.05, 4.69) is 14.9 Å². The molecule has 43 heavy (non-hydrogen) atoms. The fraction of sp³-hybridized carbons (Fsp3) is 0.581. The third kappa shape index (κ3) is 5.81. The predicted molar refractivity (Wildman–Crippen MR) is 155 cm³/mol. The molecule has 1 unspecified atom stereocenters. The van der Waals surface area contributed by atoms with Gasteiger partial charge in [0.15, 0.2) is 11.5 Å². The van der Waals surface area contributed by atoms with Crippen LogP contribution in [0.4, 0.5) is 20.2 Å². The monoisotopic (exact) mass is 596 g/mol. The first-order valence-corrected chi connectivity index (χ1v) is 15.4. The molecule has 1 saturated carbocycles. The molecule has 3 fully saturated rings. The van der Waals surface area contributed by atoms with Crippen molar-refractivity contribution < 1.29 is 28.0 Å². The van der Waals surface area contributed by atoms with Crippen LogP contribution in [0.25, 0.3) is 0 Å². The summed E-state index contributed by atoms with van der Waals surface area (Å²) in [5.41, 5.74) is 6.89.